The molecule has 2 aromatic rings. The summed E-state index contributed by atoms with van der Waals surface area (Å²) in [5, 5.41) is 14.5. The maximum Gasteiger partial charge on any atom is 0.271 e. The fourth-order valence-electron chi connectivity index (χ4n) is 6.42. The van der Waals surface area contributed by atoms with Crippen molar-refractivity contribution >= 4 is 58.0 Å². The second kappa shape index (κ2) is 7.00. The molecule has 0 aliphatic carbocycles. The van der Waals surface area contributed by atoms with Crippen LogP contribution in [-0.4, -0.2) is 40.1 Å². The average Bonchev–Trinajstić information content (AvgIpc) is 3.50. The summed E-state index contributed by atoms with van der Waals surface area (Å²) in [4.78, 5) is 54.9. The number of anilines is 2. The molecule has 1 spiro atoms. The molecular formula is C23H18Cl2N4O5. The van der Waals surface area contributed by atoms with Gasteiger partial charge < -0.3 is 5.32 Å². The van der Waals surface area contributed by atoms with E-state index in [0.29, 0.717) is 34.8 Å². The highest BCUT2D eigenvalue weighted by molar-refractivity contribution is 6.37. The molecule has 3 saturated heterocycles. The maximum absolute atomic E-state index is 13.9. The van der Waals surface area contributed by atoms with E-state index in [0.717, 1.165) is 17.4 Å². The standard InChI is InChI=1S/C23H18Cl2N4O5/c1-10-13(24)6-5-12-19(10)26-22(32)23(12)18-17(16-3-2-8-27(16)23)20(30)28(21(18)31)15-7-4-11(29(33)34)9-14(15)25/h4-7,9,16-18H,2-3,8H2,1H3,(H,26,32). The molecule has 0 saturated carbocycles. The van der Waals surface area contributed by atoms with E-state index in [-0.39, 0.29) is 28.3 Å². The molecule has 34 heavy (non-hydrogen) atoms. The van der Waals surface area contributed by atoms with E-state index in [2.05, 4.69) is 5.32 Å². The zero-order chi connectivity index (χ0) is 24.1. The molecule has 3 fully saturated rings. The van der Waals surface area contributed by atoms with Gasteiger partial charge in [-0.15, -0.1) is 0 Å². The summed E-state index contributed by atoms with van der Waals surface area (Å²) in [5.41, 5.74) is 0.443. The Balaban J connectivity index is 1.54. The second-order valence-electron chi connectivity index (χ2n) is 9.13. The van der Waals surface area contributed by atoms with E-state index >= 15 is 0 Å². The Kier molecular flexibility index (Phi) is 4.43. The summed E-state index contributed by atoms with van der Waals surface area (Å²) in [7, 11) is 0. The number of nitro groups is 1. The molecule has 11 heteroatoms. The lowest BCUT2D eigenvalue weighted by atomic mass is 9.75. The van der Waals surface area contributed by atoms with Crippen molar-refractivity contribution in [2.45, 2.75) is 31.3 Å². The molecule has 4 heterocycles. The first kappa shape index (κ1) is 21.5. The lowest BCUT2D eigenvalue weighted by Crippen LogP contribution is -2.54. The normalized spacial score (nSPS) is 29.6. The Morgan fingerprint density at radius 2 is 1.88 bits per heavy atom. The Morgan fingerprint density at radius 1 is 1.12 bits per heavy atom. The Bertz CT molecular complexity index is 1350. The van der Waals surface area contributed by atoms with E-state index in [9.17, 15) is 24.5 Å². The number of fused-ring (bicyclic) bond motifs is 7. The molecule has 3 amide bonds. The number of nitrogens with one attached hydrogen (secondary N) is 1. The number of imide groups is 1. The number of carbonyl (C=O) groups is 3. The molecule has 4 aliphatic heterocycles. The zero-order valence-electron chi connectivity index (χ0n) is 17.9. The van der Waals surface area contributed by atoms with Crippen LogP contribution in [0.3, 0.4) is 0 Å². The largest absolute Gasteiger partial charge is 0.324 e. The van der Waals surface area contributed by atoms with Gasteiger partial charge in [-0.1, -0.05) is 29.3 Å². The summed E-state index contributed by atoms with van der Waals surface area (Å²) in [6.07, 6.45) is 1.48. The average molecular weight is 501 g/mol. The third kappa shape index (κ3) is 2.41. The van der Waals surface area contributed by atoms with Crippen LogP contribution in [0.25, 0.3) is 0 Å². The van der Waals surface area contributed by atoms with Crippen molar-refractivity contribution in [3.8, 4) is 0 Å². The molecule has 0 aromatic heterocycles. The van der Waals surface area contributed by atoms with Crippen molar-refractivity contribution in [3.05, 3.63) is 61.6 Å². The van der Waals surface area contributed by atoms with Gasteiger partial charge in [0.25, 0.3) is 5.69 Å². The zero-order valence-corrected chi connectivity index (χ0v) is 19.4. The highest BCUT2D eigenvalue weighted by Gasteiger charge is 2.74. The van der Waals surface area contributed by atoms with Gasteiger partial charge in [-0.25, -0.2) is 4.90 Å². The van der Waals surface area contributed by atoms with Gasteiger partial charge in [-0.2, -0.15) is 0 Å². The Morgan fingerprint density at radius 3 is 2.59 bits per heavy atom. The fraction of sp³-hybridized carbons (Fsp3) is 0.348. The minimum atomic E-state index is -1.33. The van der Waals surface area contributed by atoms with Gasteiger partial charge >= 0.3 is 0 Å². The van der Waals surface area contributed by atoms with Crippen LogP contribution in [0.5, 0.6) is 0 Å². The first-order valence-corrected chi connectivity index (χ1v) is 11.6. The highest BCUT2D eigenvalue weighted by Crippen LogP contribution is 2.61. The van der Waals surface area contributed by atoms with Crippen LogP contribution in [0.15, 0.2) is 30.3 Å². The predicted molar refractivity (Wildman–Crippen MR) is 124 cm³/mol. The van der Waals surface area contributed by atoms with E-state index in [1.807, 2.05) is 4.90 Å². The third-order valence-corrected chi connectivity index (χ3v) is 8.46. The van der Waals surface area contributed by atoms with Crippen molar-refractivity contribution in [3.63, 3.8) is 0 Å². The van der Waals surface area contributed by atoms with Gasteiger partial charge in [0.2, 0.25) is 17.7 Å². The van der Waals surface area contributed by atoms with Crippen molar-refractivity contribution in [1.82, 2.24) is 4.90 Å². The first-order chi connectivity index (χ1) is 16.2. The van der Waals surface area contributed by atoms with Crippen LogP contribution < -0.4 is 10.2 Å². The van der Waals surface area contributed by atoms with Gasteiger partial charge in [-0.3, -0.25) is 29.4 Å². The molecule has 0 bridgehead atoms. The number of hydrogen-bond donors (Lipinski definition) is 1. The van der Waals surface area contributed by atoms with Crippen LogP contribution >= 0.6 is 23.2 Å². The number of non-ortho nitro benzene ring substituents is 1. The number of nitro benzene ring substituents is 1. The number of carbonyl (C=O) groups excluding carboxylic acids is 3. The van der Waals surface area contributed by atoms with Crippen LogP contribution in [0.4, 0.5) is 17.1 Å². The maximum atomic E-state index is 13.9. The minimum absolute atomic E-state index is 0.0768. The molecule has 0 radical (unpaired) electrons. The monoisotopic (exact) mass is 500 g/mol. The molecular weight excluding hydrogens is 483 g/mol. The summed E-state index contributed by atoms with van der Waals surface area (Å²) >= 11 is 12.6. The summed E-state index contributed by atoms with van der Waals surface area (Å²) in [5.74, 6) is -2.99. The van der Waals surface area contributed by atoms with Gasteiger partial charge in [0.1, 0.15) is 5.54 Å². The molecule has 1 N–H and O–H groups in total. The van der Waals surface area contributed by atoms with Crippen molar-refractivity contribution < 1.29 is 19.3 Å². The molecule has 9 nitrogen and oxygen atoms in total. The number of rotatable bonds is 2. The van der Waals surface area contributed by atoms with E-state index in [1.54, 1.807) is 19.1 Å². The first-order valence-electron chi connectivity index (χ1n) is 10.9. The number of amides is 3. The molecule has 6 rings (SSSR count). The smallest absolute Gasteiger partial charge is 0.271 e. The predicted octanol–water partition coefficient (Wildman–Crippen LogP) is 3.64. The van der Waals surface area contributed by atoms with Crippen LogP contribution in [0.1, 0.15) is 24.0 Å². The van der Waals surface area contributed by atoms with E-state index in [4.69, 9.17) is 23.2 Å². The van der Waals surface area contributed by atoms with Crippen molar-refractivity contribution in [2.24, 2.45) is 11.8 Å². The van der Waals surface area contributed by atoms with Gasteiger partial charge in [0.15, 0.2) is 0 Å². The summed E-state index contributed by atoms with van der Waals surface area (Å²) in [6, 6.07) is 6.82. The molecule has 4 atom stereocenters. The fourth-order valence-corrected chi connectivity index (χ4v) is 6.84. The lowest BCUT2D eigenvalue weighted by Gasteiger charge is -2.36. The van der Waals surface area contributed by atoms with Crippen molar-refractivity contribution in [2.75, 3.05) is 16.8 Å². The van der Waals surface area contributed by atoms with E-state index < -0.39 is 34.1 Å². The SMILES string of the molecule is Cc1c(Cl)ccc2c1NC(=O)C21C2C(=O)N(c3ccc([N+](=O)[O-])cc3Cl)C(=O)C2C2CCCN21. The van der Waals surface area contributed by atoms with Crippen LogP contribution in [0.2, 0.25) is 10.0 Å². The Hall–Kier alpha value is -3.01. The number of hydrogen-bond acceptors (Lipinski definition) is 6. The molecule has 2 aromatic carbocycles. The van der Waals surface area contributed by atoms with Crippen LogP contribution in [0, 0.1) is 28.9 Å². The third-order valence-electron chi connectivity index (χ3n) is 7.75. The number of benzene rings is 2. The quantitative estimate of drug-likeness (QED) is 0.382. The number of halogens is 2. The molecule has 4 aliphatic rings. The van der Waals surface area contributed by atoms with Gasteiger partial charge in [0, 0.05) is 28.8 Å². The van der Waals surface area contributed by atoms with E-state index in [1.165, 1.54) is 12.1 Å². The number of nitrogens with zero attached hydrogens (tertiary/aromatic N) is 3. The lowest BCUT2D eigenvalue weighted by molar-refractivity contribution is -0.384. The van der Waals surface area contributed by atoms with Gasteiger partial charge in [0.05, 0.1) is 33.2 Å². The summed E-state index contributed by atoms with van der Waals surface area (Å²) < 4.78 is 0. The van der Waals surface area contributed by atoms with Crippen LogP contribution in [-0.2, 0) is 19.9 Å². The molecule has 4 unspecified atom stereocenters. The second-order valence-corrected chi connectivity index (χ2v) is 9.94. The summed E-state index contributed by atoms with van der Waals surface area (Å²) in [6.45, 7) is 2.39. The minimum Gasteiger partial charge on any atom is -0.324 e. The molecule has 174 valence electrons. The van der Waals surface area contributed by atoms with Crippen molar-refractivity contribution in [1.29, 1.82) is 0 Å². The topological polar surface area (TPSA) is 113 Å². The van der Waals surface area contributed by atoms with Gasteiger partial charge in [-0.05, 0) is 44.0 Å². The highest BCUT2D eigenvalue weighted by atomic mass is 35.5. The Labute approximate surface area is 203 Å².